The van der Waals surface area contributed by atoms with Gasteiger partial charge in [-0.05, 0) is 55.3 Å². The smallest absolute Gasteiger partial charge is 0.261 e. The zero-order chi connectivity index (χ0) is 18.9. The van der Waals surface area contributed by atoms with Gasteiger partial charge in [0.05, 0.1) is 23.4 Å². The molecule has 8 heteroatoms. The van der Waals surface area contributed by atoms with Gasteiger partial charge in [-0.2, -0.15) is 0 Å². The first-order valence-corrected chi connectivity index (χ1v) is 9.95. The van der Waals surface area contributed by atoms with E-state index in [4.69, 9.17) is 16.3 Å². The van der Waals surface area contributed by atoms with E-state index in [1.165, 1.54) is 19.2 Å². The van der Waals surface area contributed by atoms with Crippen LogP contribution in [0.4, 0.5) is 11.4 Å². The van der Waals surface area contributed by atoms with Crippen molar-refractivity contribution < 1.29 is 17.9 Å². The normalized spacial score (nSPS) is 14.6. The lowest BCUT2D eigenvalue weighted by molar-refractivity contribution is -0.117. The molecule has 1 saturated heterocycles. The summed E-state index contributed by atoms with van der Waals surface area (Å²) in [6, 6.07) is 9.40. The summed E-state index contributed by atoms with van der Waals surface area (Å²) < 4.78 is 33.5. The summed E-state index contributed by atoms with van der Waals surface area (Å²) in [4.78, 5) is 13.7. The third-order valence-corrected chi connectivity index (χ3v) is 5.86. The van der Waals surface area contributed by atoms with Crippen molar-refractivity contribution in [1.82, 2.24) is 0 Å². The second-order valence-corrected chi connectivity index (χ2v) is 8.17. The SMILES string of the molecule is COc1ccc(S(=O)(=O)Nc2ccc(Cl)cc2C)cc1N1CCCC1=O. The van der Waals surface area contributed by atoms with Crippen LogP contribution in [0.2, 0.25) is 5.02 Å². The maximum atomic E-state index is 12.8. The van der Waals surface area contributed by atoms with Gasteiger partial charge in [-0.15, -0.1) is 0 Å². The Labute approximate surface area is 157 Å². The average Bonchev–Trinajstić information content (AvgIpc) is 3.02. The number of ether oxygens (including phenoxy) is 1. The maximum Gasteiger partial charge on any atom is 0.261 e. The van der Waals surface area contributed by atoms with Crippen LogP contribution in [0.25, 0.3) is 0 Å². The van der Waals surface area contributed by atoms with Gasteiger partial charge in [0.25, 0.3) is 10.0 Å². The Morgan fingerprint density at radius 2 is 1.96 bits per heavy atom. The average molecular weight is 395 g/mol. The molecule has 0 saturated carbocycles. The number of aryl methyl sites for hydroxylation is 1. The first-order valence-electron chi connectivity index (χ1n) is 8.09. The molecule has 3 rings (SSSR count). The molecule has 1 aliphatic rings. The second kappa shape index (κ2) is 7.17. The molecule has 2 aromatic rings. The van der Waals surface area contributed by atoms with E-state index in [9.17, 15) is 13.2 Å². The Bertz CT molecular complexity index is 960. The van der Waals surface area contributed by atoms with Crippen molar-refractivity contribution in [3.63, 3.8) is 0 Å². The Morgan fingerprint density at radius 3 is 2.58 bits per heavy atom. The van der Waals surface area contributed by atoms with Crippen molar-refractivity contribution in [3.05, 3.63) is 47.0 Å². The number of methoxy groups -OCH3 is 1. The fourth-order valence-corrected chi connectivity index (χ4v) is 4.27. The van der Waals surface area contributed by atoms with Gasteiger partial charge in [0.15, 0.2) is 0 Å². The minimum Gasteiger partial charge on any atom is -0.495 e. The van der Waals surface area contributed by atoms with Crippen molar-refractivity contribution >= 4 is 38.9 Å². The lowest BCUT2D eigenvalue weighted by Gasteiger charge is -2.20. The van der Waals surface area contributed by atoms with E-state index in [1.807, 2.05) is 0 Å². The highest BCUT2D eigenvalue weighted by Crippen LogP contribution is 2.34. The van der Waals surface area contributed by atoms with Gasteiger partial charge in [-0.1, -0.05) is 11.6 Å². The van der Waals surface area contributed by atoms with Crippen molar-refractivity contribution in [3.8, 4) is 5.75 Å². The van der Waals surface area contributed by atoms with E-state index in [-0.39, 0.29) is 10.8 Å². The first kappa shape index (κ1) is 18.5. The number of nitrogens with zero attached hydrogens (tertiary/aromatic N) is 1. The molecular weight excluding hydrogens is 376 g/mol. The molecule has 1 amide bonds. The number of carbonyl (C=O) groups is 1. The molecule has 6 nitrogen and oxygen atoms in total. The Morgan fingerprint density at radius 1 is 1.19 bits per heavy atom. The summed E-state index contributed by atoms with van der Waals surface area (Å²) in [5, 5.41) is 0.532. The summed E-state index contributed by atoms with van der Waals surface area (Å²) in [7, 11) is -2.34. The van der Waals surface area contributed by atoms with Crippen molar-refractivity contribution in [1.29, 1.82) is 0 Å². The van der Waals surface area contributed by atoms with E-state index >= 15 is 0 Å². The molecule has 1 N–H and O–H groups in total. The third kappa shape index (κ3) is 3.64. The van der Waals surface area contributed by atoms with E-state index < -0.39 is 10.0 Å². The predicted octanol–water partition coefficient (Wildman–Crippen LogP) is 3.58. The highest BCUT2D eigenvalue weighted by molar-refractivity contribution is 7.92. The summed E-state index contributed by atoms with van der Waals surface area (Å²) in [5.41, 5.74) is 1.62. The van der Waals surface area contributed by atoms with E-state index in [0.29, 0.717) is 40.7 Å². The fourth-order valence-electron chi connectivity index (χ4n) is 2.90. The standard InChI is InChI=1S/C18H19ClN2O4S/c1-12-10-13(19)5-7-15(12)20-26(23,24)14-6-8-17(25-2)16(11-14)21-9-3-4-18(21)22/h5-8,10-11,20H,3-4,9H2,1-2H3. The van der Waals surface area contributed by atoms with Crippen LogP contribution in [-0.4, -0.2) is 28.0 Å². The molecule has 0 spiro atoms. The lowest BCUT2D eigenvalue weighted by Crippen LogP contribution is -2.25. The highest BCUT2D eigenvalue weighted by atomic mass is 35.5. The molecule has 1 heterocycles. The minimum atomic E-state index is -3.83. The van der Waals surface area contributed by atoms with Gasteiger partial charge in [0.2, 0.25) is 5.91 Å². The van der Waals surface area contributed by atoms with Crippen LogP contribution in [0.15, 0.2) is 41.3 Å². The number of benzene rings is 2. The summed E-state index contributed by atoms with van der Waals surface area (Å²) in [6.07, 6.45) is 1.18. The molecule has 1 aliphatic heterocycles. The van der Waals surface area contributed by atoms with Gasteiger partial charge >= 0.3 is 0 Å². The van der Waals surface area contributed by atoms with E-state index in [1.54, 1.807) is 36.1 Å². The molecule has 138 valence electrons. The highest BCUT2D eigenvalue weighted by Gasteiger charge is 2.26. The summed E-state index contributed by atoms with van der Waals surface area (Å²) in [5.74, 6) is 0.418. The van der Waals surface area contributed by atoms with Gasteiger partial charge in [0.1, 0.15) is 5.75 Å². The molecule has 1 fully saturated rings. The molecular formula is C18H19ClN2O4S. The van der Waals surface area contributed by atoms with Gasteiger partial charge < -0.3 is 9.64 Å². The predicted molar refractivity (Wildman–Crippen MR) is 102 cm³/mol. The van der Waals surface area contributed by atoms with Crippen LogP contribution in [0.5, 0.6) is 5.75 Å². The van der Waals surface area contributed by atoms with Crippen LogP contribution in [-0.2, 0) is 14.8 Å². The molecule has 0 unspecified atom stereocenters. The first-order chi connectivity index (χ1) is 12.3. The number of hydrogen-bond acceptors (Lipinski definition) is 4. The topological polar surface area (TPSA) is 75.7 Å². The maximum absolute atomic E-state index is 12.8. The van der Waals surface area contributed by atoms with Crippen molar-refractivity contribution in [2.45, 2.75) is 24.7 Å². The largest absolute Gasteiger partial charge is 0.495 e. The number of anilines is 2. The van der Waals surface area contributed by atoms with Crippen LogP contribution in [0.1, 0.15) is 18.4 Å². The molecule has 0 aromatic heterocycles. The number of nitrogens with one attached hydrogen (secondary N) is 1. The van der Waals surface area contributed by atoms with E-state index in [0.717, 1.165) is 6.42 Å². The Balaban J connectivity index is 1.98. The molecule has 0 bridgehead atoms. The second-order valence-electron chi connectivity index (χ2n) is 6.05. The lowest BCUT2D eigenvalue weighted by atomic mass is 10.2. The summed E-state index contributed by atoms with van der Waals surface area (Å²) >= 11 is 5.92. The Hall–Kier alpha value is -2.25. The zero-order valence-corrected chi connectivity index (χ0v) is 16.0. The van der Waals surface area contributed by atoms with Gasteiger partial charge in [-0.3, -0.25) is 9.52 Å². The van der Waals surface area contributed by atoms with Gasteiger partial charge in [-0.25, -0.2) is 8.42 Å². The molecule has 0 radical (unpaired) electrons. The van der Waals surface area contributed by atoms with Crippen LogP contribution in [0.3, 0.4) is 0 Å². The van der Waals surface area contributed by atoms with Crippen molar-refractivity contribution in [2.24, 2.45) is 0 Å². The molecule has 0 atom stereocenters. The summed E-state index contributed by atoms with van der Waals surface area (Å²) in [6.45, 7) is 2.31. The van der Waals surface area contributed by atoms with Gasteiger partial charge in [0, 0.05) is 18.0 Å². The fraction of sp³-hybridized carbons (Fsp3) is 0.278. The molecule has 2 aromatic carbocycles. The number of sulfonamides is 1. The number of carbonyl (C=O) groups excluding carboxylic acids is 1. The van der Waals surface area contributed by atoms with Crippen molar-refractivity contribution in [2.75, 3.05) is 23.3 Å². The number of hydrogen-bond donors (Lipinski definition) is 1. The number of amides is 1. The number of halogens is 1. The minimum absolute atomic E-state index is 0.0423. The third-order valence-electron chi connectivity index (χ3n) is 4.26. The molecule has 0 aliphatic carbocycles. The monoisotopic (exact) mass is 394 g/mol. The van der Waals surface area contributed by atoms with Crippen LogP contribution >= 0.6 is 11.6 Å². The van der Waals surface area contributed by atoms with Crippen LogP contribution < -0.4 is 14.4 Å². The Kier molecular flexibility index (Phi) is 5.11. The zero-order valence-electron chi connectivity index (χ0n) is 14.5. The van der Waals surface area contributed by atoms with Crippen LogP contribution in [0, 0.1) is 6.92 Å². The molecule has 26 heavy (non-hydrogen) atoms. The quantitative estimate of drug-likeness (QED) is 0.840. The number of rotatable bonds is 5. The van der Waals surface area contributed by atoms with E-state index in [2.05, 4.69) is 4.72 Å².